The number of anilines is 1. The van der Waals surface area contributed by atoms with E-state index in [2.05, 4.69) is 11.9 Å². The van der Waals surface area contributed by atoms with Crippen LogP contribution >= 0.6 is 11.6 Å². The largest absolute Gasteiger partial charge is 0.481 e. The first-order chi connectivity index (χ1) is 11.9. The minimum Gasteiger partial charge on any atom is -0.481 e. The van der Waals surface area contributed by atoms with E-state index in [0.29, 0.717) is 27.8 Å². The second kappa shape index (κ2) is 6.69. The number of benzene rings is 2. The van der Waals surface area contributed by atoms with Crippen molar-refractivity contribution in [2.45, 2.75) is 26.7 Å². The summed E-state index contributed by atoms with van der Waals surface area (Å²) in [5.41, 5.74) is 10.5. The van der Waals surface area contributed by atoms with Gasteiger partial charge in [0.05, 0.1) is 17.1 Å². The summed E-state index contributed by atoms with van der Waals surface area (Å²) in [6.07, 6.45) is 0.816. The number of carboxylic acids is 1. The lowest BCUT2D eigenvalue weighted by Crippen LogP contribution is -2.00. The van der Waals surface area contributed by atoms with Crippen LogP contribution in [0.1, 0.15) is 23.7 Å². The minimum absolute atomic E-state index is 0.0867. The fourth-order valence-corrected chi connectivity index (χ4v) is 3.24. The van der Waals surface area contributed by atoms with Crippen molar-refractivity contribution in [1.29, 1.82) is 0 Å². The molecule has 1 heterocycles. The van der Waals surface area contributed by atoms with E-state index < -0.39 is 5.97 Å². The summed E-state index contributed by atoms with van der Waals surface area (Å²) in [7, 11) is 0. The third-order valence-electron chi connectivity index (χ3n) is 4.18. The van der Waals surface area contributed by atoms with Crippen LogP contribution < -0.4 is 10.5 Å². The highest BCUT2D eigenvalue weighted by molar-refractivity contribution is 6.32. The lowest BCUT2D eigenvalue weighted by molar-refractivity contribution is -0.136. The molecule has 5 nitrogen and oxygen atoms in total. The average Bonchev–Trinajstić information content (AvgIpc) is 2.83. The molecule has 0 unspecified atom stereocenters. The first-order valence-corrected chi connectivity index (χ1v) is 8.35. The predicted molar refractivity (Wildman–Crippen MR) is 99.7 cm³/mol. The van der Waals surface area contributed by atoms with E-state index in [9.17, 15) is 4.79 Å². The molecule has 0 saturated carbocycles. The number of hydrogen-bond acceptors (Lipinski definition) is 3. The summed E-state index contributed by atoms with van der Waals surface area (Å²) >= 11 is 6.23. The van der Waals surface area contributed by atoms with Crippen molar-refractivity contribution in [3.63, 3.8) is 0 Å². The number of aromatic amines is 1. The van der Waals surface area contributed by atoms with Crippen LogP contribution in [0.3, 0.4) is 0 Å². The van der Waals surface area contributed by atoms with Gasteiger partial charge in [-0.15, -0.1) is 0 Å². The number of aliphatic carboxylic acids is 1. The highest BCUT2D eigenvalue weighted by Crippen LogP contribution is 2.37. The van der Waals surface area contributed by atoms with Gasteiger partial charge in [0.15, 0.2) is 5.75 Å². The molecular formula is C19H19ClN2O3. The summed E-state index contributed by atoms with van der Waals surface area (Å²) in [5.74, 6) is 0.0515. The van der Waals surface area contributed by atoms with Gasteiger partial charge in [-0.2, -0.15) is 0 Å². The van der Waals surface area contributed by atoms with Crippen LogP contribution in [0.15, 0.2) is 30.3 Å². The zero-order chi connectivity index (χ0) is 18.1. The molecule has 0 atom stereocenters. The SMILES string of the molecule is CCc1c(C)[nH]c2cc(N)c(Oc3ccc(CC(=O)O)cc3Cl)cc12. The molecule has 0 saturated heterocycles. The topological polar surface area (TPSA) is 88.3 Å². The number of halogens is 1. The Morgan fingerprint density at radius 2 is 2.04 bits per heavy atom. The highest BCUT2D eigenvalue weighted by Gasteiger charge is 2.13. The van der Waals surface area contributed by atoms with E-state index in [1.807, 2.05) is 19.1 Å². The molecule has 0 fully saturated rings. The molecule has 0 aliphatic heterocycles. The smallest absolute Gasteiger partial charge is 0.307 e. The monoisotopic (exact) mass is 358 g/mol. The number of rotatable bonds is 5. The summed E-state index contributed by atoms with van der Waals surface area (Å²) in [4.78, 5) is 14.1. The number of aryl methyl sites for hydroxylation is 2. The van der Waals surface area contributed by atoms with E-state index in [-0.39, 0.29) is 6.42 Å². The normalized spacial score (nSPS) is 11.0. The van der Waals surface area contributed by atoms with Crippen LogP contribution in [0, 0.1) is 6.92 Å². The average molecular weight is 359 g/mol. The van der Waals surface area contributed by atoms with E-state index in [0.717, 1.165) is 23.0 Å². The van der Waals surface area contributed by atoms with Gasteiger partial charge in [-0.05, 0) is 48.7 Å². The van der Waals surface area contributed by atoms with Crippen LogP contribution in [0.25, 0.3) is 10.9 Å². The fraction of sp³-hybridized carbons (Fsp3) is 0.211. The fourth-order valence-electron chi connectivity index (χ4n) is 3.00. The van der Waals surface area contributed by atoms with Gasteiger partial charge in [0.25, 0.3) is 0 Å². The van der Waals surface area contributed by atoms with Crippen LogP contribution in [-0.2, 0) is 17.6 Å². The molecule has 0 amide bonds. The third kappa shape index (κ3) is 3.42. The van der Waals surface area contributed by atoms with Gasteiger partial charge in [0, 0.05) is 16.6 Å². The molecule has 25 heavy (non-hydrogen) atoms. The van der Waals surface area contributed by atoms with Gasteiger partial charge >= 0.3 is 5.97 Å². The molecule has 0 spiro atoms. The number of ether oxygens (including phenoxy) is 1. The van der Waals surface area contributed by atoms with E-state index >= 15 is 0 Å². The highest BCUT2D eigenvalue weighted by atomic mass is 35.5. The molecule has 1 aromatic heterocycles. The lowest BCUT2D eigenvalue weighted by atomic mass is 10.1. The van der Waals surface area contributed by atoms with Gasteiger partial charge in [-0.3, -0.25) is 4.79 Å². The maximum absolute atomic E-state index is 10.8. The van der Waals surface area contributed by atoms with Crippen molar-refractivity contribution < 1.29 is 14.6 Å². The van der Waals surface area contributed by atoms with Crippen LogP contribution in [0.2, 0.25) is 5.02 Å². The van der Waals surface area contributed by atoms with Crippen molar-refractivity contribution in [3.05, 3.63) is 52.2 Å². The summed E-state index contributed by atoms with van der Waals surface area (Å²) in [6, 6.07) is 8.70. The number of fused-ring (bicyclic) bond motifs is 1. The van der Waals surface area contributed by atoms with Gasteiger partial charge in [0.1, 0.15) is 5.75 Å². The molecule has 0 aliphatic carbocycles. The molecule has 0 radical (unpaired) electrons. The number of nitrogens with one attached hydrogen (secondary N) is 1. The van der Waals surface area contributed by atoms with Gasteiger partial charge in [-0.25, -0.2) is 0 Å². The minimum atomic E-state index is -0.908. The molecule has 6 heteroatoms. The van der Waals surface area contributed by atoms with E-state index in [4.69, 9.17) is 27.2 Å². The maximum atomic E-state index is 10.8. The molecule has 3 aromatic rings. The van der Waals surface area contributed by atoms with Gasteiger partial charge in [-0.1, -0.05) is 24.6 Å². The molecule has 0 aliphatic rings. The van der Waals surface area contributed by atoms with E-state index in [1.54, 1.807) is 18.2 Å². The number of carboxylic acid groups (broad SMARTS) is 1. The Balaban J connectivity index is 1.97. The van der Waals surface area contributed by atoms with Crippen LogP contribution in [0.4, 0.5) is 5.69 Å². The lowest BCUT2D eigenvalue weighted by Gasteiger charge is -2.11. The standard InChI is InChI=1S/C19H19ClN2O3/c1-3-12-10(2)22-16-9-15(21)18(8-13(12)16)25-17-5-4-11(6-14(17)20)7-19(23)24/h4-6,8-9,22H,3,7,21H2,1-2H3,(H,23,24). The Hall–Kier alpha value is -2.66. The van der Waals surface area contributed by atoms with Crippen molar-refractivity contribution in [1.82, 2.24) is 4.98 Å². The summed E-state index contributed by atoms with van der Waals surface area (Å²) in [6.45, 7) is 4.14. The molecule has 130 valence electrons. The predicted octanol–water partition coefficient (Wildman–Crippen LogP) is 4.69. The number of carbonyl (C=O) groups is 1. The number of aromatic nitrogens is 1. The van der Waals surface area contributed by atoms with Crippen LogP contribution in [-0.4, -0.2) is 16.1 Å². The van der Waals surface area contributed by atoms with Gasteiger partial charge in [0.2, 0.25) is 0 Å². The molecule has 3 rings (SSSR count). The molecule has 2 aromatic carbocycles. The Kier molecular flexibility index (Phi) is 4.59. The van der Waals surface area contributed by atoms with E-state index in [1.165, 1.54) is 5.56 Å². The number of H-pyrrole nitrogens is 1. The summed E-state index contributed by atoms with van der Waals surface area (Å²) in [5, 5.41) is 10.3. The van der Waals surface area contributed by atoms with Gasteiger partial charge < -0.3 is 20.6 Å². The van der Waals surface area contributed by atoms with Crippen molar-refractivity contribution >= 4 is 34.2 Å². The number of nitrogen functional groups attached to an aromatic ring is 1. The Labute approximate surface area is 150 Å². The first kappa shape index (κ1) is 17.2. The Morgan fingerprint density at radius 3 is 2.68 bits per heavy atom. The molecular weight excluding hydrogens is 340 g/mol. The zero-order valence-corrected chi connectivity index (χ0v) is 14.8. The first-order valence-electron chi connectivity index (χ1n) is 7.97. The number of hydrogen-bond donors (Lipinski definition) is 3. The van der Waals surface area contributed by atoms with Crippen LogP contribution in [0.5, 0.6) is 11.5 Å². The van der Waals surface area contributed by atoms with Crippen molar-refractivity contribution in [2.24, 2.45) is 0 Å². The third-order valence-corrected chi connectivity index (χ3v) is 4.47. The summed E-state index contributed by atoms with van der Waals surface area (Å²) < 4.78 is 5.90. The zero-order valence-electron chi connectivity index (χ0n) is 14.0. The van der Waals surface area contributed by atoms with Crippen molar-refractivity contribution in [2.75, 3.05) is 5.73 Å². The van der Waals surface area contributed by atoms with Crippen molar-refractivity contribution in [3.8, 4) is 11.5 Å². The maximum Gasteiger partial charge on any atom is 0.307 e. The Morgan fingerprint density at radius 1 is 1.28 bits per heavy atom. The second-order valence-electron chi connectivity index (χ2n) is 5.96. The number of nitrogens with two attached hydrogens (primary N) is 1. The molecule has 4 N–H and O–H groups in total. The Bertz CT molecular complexity index is 963. The molecule has 0 bridgehead atoms. The quantitative estimate of drug-likeness (QED) is 0.577. The second-order valence-corrected chi connectivity index (χ2v) is 6.36.